The molecule has 2 amide bonds. The van der Waals surface area contributed by atoms with Crippen LogP contribution in [0.15, 0.2) is 70.7 Å². The molecule has 72 heavy (non-hydrogen) atoms. The van der Waals surface area contributed by atoms with Gasteiger partial charge in [0.2, 0.25) is 11.8 Å². The molecule has 5 aromatic rings. The number of aliphatic hydroxyl groups is 1. The molecule has 4 aliphatic heterocycles. The number of β-amino-alcohol motifs (C(OH)–C–C–N with tert-alkyl or cyclic N) is 1. The summed E-state index contributed by atoms with van der Waals surface area (Å²) in [5.41, 5.74) is 15.2. The highest BCUT2D eigenvalue weighted by atomic mass is 32.1. The van der Waals surface area contributed by atoms with E-state index in [0.717, 1.165) is 130 Å². The highest BCUT2D eigenvalue weighted by molar-refractivity contribution is 7.13. The molecule has 4 saturated heterocycles. The molecule has 7 heterocycles. The maximum atomic E-state index is 14.2. The predicted octanol–water partition coefficient (Wildman–Crippen LogP) is 6.18. The van der Waals surface area contributed by atoms with Gasteiger partial charge < -0.3 is 44.9 Å². The fraction of sp³-hybridized carbons (Fsp3) is 0.556. The number of unbranched alkanes of at least 4 members (excludes halogenated alkanes) is 1. The van der Waals surface area contributed by atoms with Gasteiger partial charge in [0.25, 0.3) is 5.88 Å². The van der Waals surface area contributed by atoms with Crippen LogP contribution in [0.1, 0.15) is 87.4 Å². The van der Waals surface area contributed by atoms with Crippen LogP contribution in [0.3, 0.4) is 0 Å². The van der Waals surface area contributed by atoms with Gasteiger partial charge in [-0.25, -0.2) is 4.98 Å². The molecule has 386 valence electrons. The van der Waals surface area contributed by atoms with E-state index in [0.29, 0.717) is 24.1 Å². The van der Waals surface area contributed by atoms with Crippen LogP contribution < -0.4 is 20.7 Å². The molecule has 4 fully saturated rings. The summed E-state index contributed by atoms with van der Waals surface area (Å²) in [5.74, 6) is -0.242. The number of likely N-dealkylation sites (tertiary alicyclic amines) is 1. The van der Waals surface area contributed by atoms with Gasteiger partial charge in [-0.3, -0.25) is 19.4 Å². The van der Waals surface area contributed by atoms with E-state index in [4.69, 9.17) is 19.7 Å². The van der Waals surface area contributed by atoms with Gasteiger partial charge in [0.05, 0.1) is 51.8 Å². The minimum atomic E-state index is -0.814. The van der Waals surface area contributed by atoms with E-state index >= 15 is 0 Å². The third-order valence-electron chi connectivity index (χ3n) is 15.3. The number of nitrogens with zero attached hydrogens (tertiary/aromatic N) is 9. The second-order valence-electron chi connectivity index (χ2n) is 20.7. The monoisotopic (exact) mass is 1000 g/mol. The van der Waals surface area contributed by atoms with Crippen LogP contribution in [-0.4, -0.2) is 166 Å². The number of aliphatic hydroxyl groups excluding tert-OH is 1. The summed E-state index contributed by atoms with van der Waals surface area (Å²) in [7, 11) is 0. The van der Waals surface area contributed by atoms with Crippen molar-refractivity contribution in [2.45, 2.75) is 96.4 Å². The molecule has 0 bridgehead atoms. The Kier molecular flexibility index (Phi) is 16.5. The number of nitrogens with one attached hydrogen (secondary N) is 1. The molecule has 3 aromatic heterocycles. The molecule has 4 aliphatic rings. The van der Waals surface area contributed by atoms with Gasteiger partial charge in [0.1, 0.15) is 18.6 Å². The first kappa shape index (κ1) is 51.4. The highest BCUT2D eigenvalue weighted by Crippen LogP contribution is 2.37. The molecule has 4 N–H and O–H groups in total. The number of carbonyl (C=O) groups is 2. The molecular formula is C54H73N11O6S. The van der Waals surface area contributed by atoms with Gasteiger partial charge in [0.15, 0.2) is 11.6 Å². The number of aryl methyl sites for hydroxylation is 2. The summed E-state index contributed by atoms with van der Waals surface area (Å²) in [5, 5.41) is 26.7. The van der Waals surface area contributed by atoms with Crippen molar-refractivity contribution in [1.82, 2.24) is 45.3 Å². The zero-order valence-corrected chi connectivity index (χ0v) is 43.5. The van der Waals surface area contributed by atoms with E-state index in [1.165, 1.54) is 23.3 Å². The van der Waals surface area contributed by atoms with E-state index in [1.54, 1.807) is 17.4 Å². The fourth-order valence-electron chi connectivity index (χ4n) is 11.0. The SMILES string of the molecule is Cc1ccccc1-c1cc(N2CCC3(CC2)CN(CCCCN2CCN(CCOc4cc(C(C(=O)N5C[C@H](O)C[C@H]5C(=O)N[C@@H](C)c5ccc(-c6scnc6C)cc5)C(C)C)on4)CC2)CCO3)c(N)nn1. The normalized spacial score (nSPS) is 20.8. The van der Waals surface area contributed by atoms with E-state index in [9.17, 15) is 14.7 Å². The van der Waals surface area contributed by atoms with Crippen molar-refractivity contribution in [1.29, 1.82) is 0 Å². The Labute approximate surface area is 428 Å². The lowest BCUT2D eigenvalue weighted by Gasteiger charge is -2.48. The number of piperidine rings is 1. The summed E-state index contributed by atoms with van der Waals surface area (Å²) in [4.78, 5) is 44.9. The van der Waals surface area contributed by atoms with E-state index in [1.807, 2.05) is 69.6 Å². The molecule has 4 atom stereocenters. The second-order valence-corrected chi connectivity index (χ2v) is 21.5. The van der Waals surface area contributed by atoms with Gasteiger partial charge in [0, 0.05) is 83.5 Å². The van der Waals surface area contributed by atoms with Crippen molar-refractivity contribution in [3.63, 3.8) is 0 Å². The first-order valence-corrected chi connectivity index (χ1v) is 26.8. The molecule has 0 saturated carbocycles. The molecule has 1 spiro atoms. The van der Waals surface area contributed by atoms with Crippen molar-refractivity contribution >= 4 is 34.7 Å². The van der Waals surface area contributed by atoms with Crippen molar-refractivity contribution in [2.75, 3.05) is 102 Å². The number of hydrogen-bond donors (Lipinski definition) is 3. The lowest BCUT2D eigenvalue weighted by molar-refractivity contribution is -0.141. The number of ether oxygens (including phenoxy) is 2. The Morgan fingerprint density at radius 3 is 2.35 bits per heavy atom. The third-order valence-corrected chi connectivity index (χ3v) is 16.3. The van der Waals surface area contributed by atoms with Gasteiger partial charge in [-0.1, -0.05) is 62.4 Å². The summed E-state index contributed by atoms with van der Waals surface area (Å²) < 4.78 is 18.3. The van der Waals surface area contributed by atoms with Crippen molar-refractivity contribution < 1.29 is 28.7 Å². The van der Waals surface area contributed by atoms with Crippen LogP contribution in [0.4, 0.5) is 11.5 Å². The molecule has 0 aliphatic carbocycles. The molecule has 18 heteroatoms. The zero-order valence-electron chi connectivity index (χ0n) is 42.7. The van der Waals surface area contributed by atoms with Gasteiger partial charge in [-0.15, -0.1) is 21.5 Å². The van der Waals surface area contributed by atoms with Crippen LogP contribution in [0.2, 0.25) is 0 Å². The number of benzene rings is 2. The Morgan fingerprint density at radius 1 is 0.917 bits per heavy atom. The van der Waals surface area contributed by atoms with Crippen molar-refractivity contribution in [3.05, 3.63) is 88.8 Å². The molecule has 9 rings (SSSR count). The fourth-order valence-corrected chi connectivity index (χ4v) is 11.8. The number of hydrogen-bond acceptors (Lipinski definition) is 16. The Bertz CT molecular complexity index is 2590. The second kappa shape index (κ2) is 23.1. The van der Waals surface area contributed by atoms with Crippen molar-refractivity contribution in [3.8, 4) is 27.6 Å². The van der Waals surface area contributed by atoms with E-state index in [2.05, 4.69) is 70.4 Å². The van der Waals surface area contributed by atoms with E-state index in [-0.39, 0.29) is 42.3 Å². The van der Waals surface area contributed by atoms with Crippen LogP contribution in [0.5, 0.6) is 5.88 Å². The highest BCUT2D eigenvalue weighted by Gasteiger charge is 2.44. The average molecular weight is 1000 g/mol. The minimum absolute atomic E-state index is 0.0676. The van der Waals surface area contributed by atoms with Gasteiger partial charge >= 0.3 is 0 Å². The lowest BCUT2D eigenvalue weighted by atomic mass is 9.89. The largest absolute Gasteiger partial charge is 0.474 e. The quantitative estimate of drug-likeness (QED) is 0.0843. The lowest BCUT2D eigenvalue weighted by Crippen LogP contribution is -2.57. The summed E-state index contributed by atoms with van der Waals surface area (Å²) in [6.45, 7) is 21.8. The average Bonchev–Trinajstić information content (AvgIpc) is 4.14. The predicted molar refractivity (Wildman–Crippen MR) is 280 cm³/mol. The summed E-state index contributed by atoms with van der Waals surface area (Å²) >= 11 is 1.60. The number of rotatable bonds is 18. The van der Waals surface area contributed by atoms with Crippen LogP contribution in [0.25, 0.3) is 21.7 Å². The standard InChI is InChI=1S/C54H73N11O6S/c1-36(2)49(53(68)65-33-42(66)30-46(65)52(67)57-38(4)40-12-14-41(15-13-40)50-39(5)56-35-72-50)47-32-48(60-71-47)69-28-26-62-24-22-61(23-25-62)18-8-9-19-63-27-29-70-54(34-63)16-20-64(21-17-54)45-31-44(58-59-51(45)55)43-11-7-6-10-37(43)3/h6-7,10-15,31-32,35-36,38,42,46,49,66H,8-9,16-30,33-34H2,1-5H3,(H2,55,59)(H,57,67)/t38-,42+,46-,49?/m0/s1. The molecule has 17 nitrogen and oxygen atoms in total. The smallest absolute Gasteiger partial charge is 0.254 e. The number of thiazole rings is 1. The van der Waals surface area contributed by atoms with Crippen LogP contribution in [-0.2, 0) is 14.3 Å². The summed E-state index contributed by atoms with van der Waals surface area (Å²) in [6.07, 6.45) is 3.60. The molecular weight excluding hydrogens is 931 g/mol. The number of nitrogen functional groups attached to an aromatic ring is 1. The van der Waals surface area contributed by atoms with Crippen LogP contribution >= 0.6 is 11.3 Å². The van der Waals surface area contributed by atoms with Gasteiger partial charge in [-0.2, -0.15) is 0 Å². The first-order chi connectivity index (χ1) is 34.8. The Hall–Kier alpha value is -5.50. The maximum absolute atomic E-state index is 14.2. The Morgan fingerprint density at radius 2 is 1.64 bits per heavy atom. The number of anilines is 2. The van der Waals surface area contributed by atoms with Crippen LogP contribution in [0, 0.1) is 19.8 Å². The minimum Gasteiger partial charge on any atom is -0.474 e. The molecule has 0 radical (unpaired) electrons. The number of piperazine rings is 1. The number of aromatic nitrogens is 4. The van der Waals surface area contributed by atoms with E-state index < -0.39 is 18.1 Å². The number of nitrogens with two attached hydrogens (primary N) is 1. The topological polar surface area (TPSA) is 192 Å². The summed E-state index contributed by atoms with van der Waals surface area (Å²) in [6, 6.07) is 19.0. The zero-order chi connectivity index (χ0) is 50.4. The third kappa shape index (κ3) is 12.1. The first-order valence-electron chi connectivity index (χ1n) is 26.0. The molecule has 1 unspecified atom stereocenters. The Balaban J connectivity index is 0.672. The maximum Gasteiger partial charge on any atom is 0.254 e. The number of morpholine rings is 1. The van der Waals surface area contributed by atoms with Gasteiger partial charge in [-0.05, 0) is 93.4 Å². The molecule has 2 aromatic carbocycles. The number of carbonyl (C=O) groups excluding carboxylic acids is 2. The van der Waals surface area contributed by atoms with Crippen molar-refractivity contribution in [2.24, 2.45) is 5.92 Å². The number of amides is 2.